The van der Waals surface area contributed by atoms with E-state index in [0.29, 0.717) is 17.0 Å². The van der Waals surface area contributed by atoms with Gasteiger partial charge in [-0.1, -0.05) is 20.8 Å². The molecule has 0 aromatic carbocycles. The Balaban J connectivity index is 1.61. The summed E-state index contributed by atoms with van der Waals surface area (Å²) in [7, 11) is -3.73. The fraction of sp³-hybridized carbons (Fsp3) is 0.647. The van der Waals surface area contributed by atoms with Crippen LogP contribution in [-0.4, -0.2) is 45.6 Å². The predicted molar refractivity (Wildman–Crippen MR) is 101 cm³/mol. The van der Waals surface area contributed by atoms with Crippen molar-refractivity contribution in [2.24, 2.45) is 11.1 Å². The molecule has 2 aromatic rings. The lowest BCUT2D eigenvalue weighted by atomic mass is 9.88. The normalized spacial score (nSPS) is 36.0. The van der Waals surface area contributed by atoms with Crippen LogP contribution in [0.4, 0.5) is 5.82 Å². The lowest BCUT2D eigenvalue weighted by Gasteiger charge is -2.36. The van der Waals surface area contributed by atoms with E-state index >= 15 is 0 Å². The number of phosphoric acid groups is 1. The third-order valence-corrected chi connectivity index (χ3v) is 6.30. The first kappa shape index (κ1) is 19.8. The van der Waals surface area contributed by atoms with E-state index in [-0.39, 0.29) is 18.6 Å². The number of fused-ring (bicyclic) bond motifs is 2. The molecular formula is C17H26N5O5P. The van der Waals surface area contributed by atoms with Crippen molar-refractivity contribution in [1.82, 2.24) is 14.6 Å². The summed E-state index contributed by atoms with van der Waals surface area (Å²) in [6, 6.07) is 3.64. The Kier molecular flexibility index (Phi) is 4.57. The molecule has 10 nitrogen and oxygen atoms in total. The Hall–Kier alpha value is -1.55. The van der Waals surface area contributed by atoms with E-state index in [1.165, 1.54) is 6.33 Å². The van der Waals surface area contributed by atoms with Crippen LogP contribution in [0, 0.1) is 5.41 Å². The van der Waals surface area contributed by atoms with Crippen molar-refractivity contribution >= 4 is 19.2 Å². The first-order valence-corrected chi connectivity index (χ1v) is 10.6. The van der Waals surface area contributed by atoms with E-state index < -0.39 is 31.7 Å². The Bertz CT molecular complexity index is 940. The van der Waals surface area contributed by atoms with Crippen LogP contribution in [0.3, 0.4) is 0 Å². The van der Waals surface area contributed by atoms with Crippen LogP contribution >= 0.6 is 7.82 Å². The van der Waals surface area contributed by atoms with Gasteiger partial charge >= 0.3 is 7.82 Å². The van der Waals surface area contributed by atoms with Crippen LogP contribution in [0.25, 0.3) is 5.52 Å². The number of aromatic nitrogens is 3. The molecule has 0 spiro atoms. The lowest BCUT2D eigenvalue weighted by Crippen LogP contribution is -2.53. The summed E-state index contributed by atoms with van der Waals surface area (Å²) in [6.45, 7) is 8.01. The van der Waals surface area contributed by atoms with Gasteiger partial charge in [-0.3, -0.25) is 13.6 Å². The van der Waals surface area contributed by atoms with Gasteiger partial charge in [0, 0.05) is 0 Å². The van der Waals surface area contributed by atoms with Gasteiger partial charge in [-0.05, 0) is 24.5 Å². The van der Waals surface area contributed by atoms with Gasteiger partial charge in [0.05, 0.1) is 24.4 Å². The molecule has 5 atom stereocenters. The molecule has 2 aliphatic rings. The van der Waals surface area contributed by atoms with E-state index in [1.54, 1.807) is 17.5 Å². The highest BCUT2D eigenvalue weighted by atomic mass is 31.2. The monoisotopic (exact) mass is 411 g/mol. The van der Waals surface area contributed by atoms with E-state index in [9.17, 15) is 4.57 Å². The second-order valence-electron chi connectivity index (χ2n) is 8.72. The van der Waals surface area contributed by atoms with Gasteiger partial charge in [-0.15, -0.1) is 0 Å². The Morgan fingerprint density at radius 2 is 2.18 bits per heavy atom. The van der Waals surface area contributed by atoms with E-state index in [0.717, 1.165) is 0 Å². The summed E-state index contributed by atoms with van der Waals surface area (Å²) in [5, 5.41) is 4.25. The number of hydrogen-bond acceptors (Lipinski definition) is 9. The quantitative estimate of drug-likeness (QED) is 0.727. The number of nitrogens with two attached hydrogens (primary N) is 2. The molecule has 2 aromatic heterocycles. The first-order chi connectivity index (χ1) is 13.0. The zero-order valence-corrected chi connectivity index (χ0v) is 17.3. The molecule has 2 aliphatic heterocycles. The van der Waals surface area contributed by atoms with Crippen molar-refractivity contribution in [3.8, 4) is 0 Å². The summed E-state index contributed by atoms with van der Waals surface area (Å²) in [6.07, 6.45) is -0.348. The Morgan fingerprint density at radius 1 is 1.43 bits per heavy atom. The molecule has 4 N–H and O–H groups in total. The van der Waals surface area contributed by atoms with Crippen LogP contribution in [0.1, 0.15) is 39.5 Å². The van der Waals surface area contributed by atoms with Crippen LogP contribution in [-0.2, 0) is 22.9 Å². The van der Waals surface area contributed by atoms with Crippen molar-refractivity contribution in [2.45, 2.75) is 51.5 Å². The van der Waals surface area contributed by atoms with Gasteiger partial charge in [0.25, 0.3) is 0 Å². The third-order valence-electron chi connectivity index (χ3n) is 4.90. The highest BCUT2D eigenvalue weighted by Crippen LogP contribution is 2.59. The summed E-state index contributed by atoms with van der Waals surface area (Å²) >= 11 is 0. The third kappa shape index (κ3) is 3.34. The molecule has 28 heavy (non-hydrogen) atoms. The van der Waals surface area contributed by atoms with E-state index in [1.807, 2.05) is 26.8 Å². The molecule has 154 valence electrons. The van der Waals surface area contributed by atoms with Gasteiger partial charge in [-0.25, -0.2) is 14.1 Å². The first-order valence-electron chi connectivity index (χ1n) is 9.10. The minimum Gasteiger partial charge on any atom is -0.382 e. The van der Waals surface area contributed by atoms with Crippen LogP contribution in [0.15, 0.2) is 18.5 Å². The Labute approximate surface area is 163 Å². The van der Waals surface area contributed by atoms with Crippen molar-refractivity contribution in [1.29, 1.82) is 0 Å². The van der Waals surface area contributed by atoms with Gasteiger partial charge in [0.2, 0.25) is 0 Å². The van der Waals surface area contributed by atoms with Crippen LogP contribution in [0.5, 0.6) is 0 Å². The standard InChI is InChI=1S/C17H26N5O5P/c1-16(2,3)8-25-28(23)24-7-12-14(27-28)17(4,19)13(26-12)10-5-6-11-15(18)20-9-21-22(10)11/h5-6,9,12-14H,7-8,19H2,1-4H3,(H2,18,20,21)/t12-,13+,14-,17+,28?/m1/s1. The SMILES string of the molecule is CC(C)(C)COP1(=O)OC[C@H]2O[C@@H](c3ccc4c(N)ncnn34)[C@](C)(N)[C@@H]2O1. The average Bonchev–Trinajstić information content (AvgIpc) is 3.13. The molecule has 0 radical (unpaired) electrons. The summed E-state index contributed by atoms with van der Waals surface area (Å²) in [4.78, 5) is 3.99. The zero-order valence-electron chi connectivity index (χ0n) is 16.4. The number of phosphoric ester groups is 1. The molecule has 0 saturated carbocycles. The molecule has 0 amide bonds. The highest BCUT2D eigenvalue weighted by Gasteiger charge is 2.59. The minimum absolute atomic E-state index is 0.0653. The molecule has 0 aliphatic carbocycles. The number of rotatable bonds is 3. The molecule has 2 fully saturated rings. The number of nitrogen functional groups attached to an aromatic ring is 1. The van der Waals surface area contributed by atoms with E-state index in [2.05, 4.69) is 10.1 Å². The summed E-state index contributed by atoms with van der Waals surface area (Å²) < 4.78 is 37.4. The second-order valence-corrected chi connectivity index (χ2v) is 10.3. The summed E-state index contributed by atoms with van der Waals surface area (Å²) in [5.41, 5.74) is 12.7. The molecule has 11 heteroatoms. The number of hydrogen-bond donors (Lipinski definition) is 2. The average molecular weight is 411 g/mol. The largest absolute Gasteiger partial charge is 0.475 e. The molecule has 4 heterocycles. The number of anilines is 1. The highest BCUT2D eigenvalue weighted by molar-refractivity contribution is 7.48. The maximum Gasteiger partial charge on any atom is 0.475 e. The minimum atomic E-state index is -3.73. The second kappa shape index (κ2) is 6.48. The van der Waals surface area contributed by atoms with Crippen molar-refractivity contribution in [2.75, 3.05) is 18.9 Å². The van der Waals surface area contributed by atoms with Gasteiger partial charge in [0.15, 0.2) is 5.82 Å². The van der Waals surface area contributed by atoms with Crippen LogP contribution in [0.2, 0.25) is 0 Å². The molecule has 2 saturated heterocycles. The maximum atomic E-state index is 12.9. The van der Waals surface area contributed by atoms with Gasteiger partial charge < -0.3 is 16.2 Å². The fourth-order valence-electron chi connectivity index (χ4n) is 3.49. The van der Waals surface area contributed by atoms with Crippen molar-refractivity contribution < 1.29 is 22.9 Å². The molecular weight excluding hydrogens is 385 g/mol. The topological polar surface area (TPSA) is 136 Å². The molecule has 1 unspecified atom stereocenters. The number of ether oxygens (including phenoxy) is 1. The smallest absolute Gasteiger partial charge is 0.382 e. The Morgan fingerprint density at radius 3 is 2.89 bits per heavy atom. The fourth-order valence-corrected chi connectivity index (χ4v) is 5.20. The predicted octanol–water partition coefficient (Wildman–Crippen LogP) is 2.05. The lowest BCUT2D eigenvalue weighted by molar-refractivity contribution is -0.0630. The van der Waals surface area contributed by atoms with Gasteiger partial charge in [0.1, 0.15) is 30.2 Å². The van der Waals surface area contributed by atoms with Crippen LogP contribution < -0.4 is 11.5 Å². The summed E-state index contributed by atoms with van der Waals surface area (Å²) in [5.74, 6) is 0.357. The van der Waals surface area contributed by atoms with E-state index in [4.69, 9.17) is 29.8 Å². The van der Waals surface area contributed by atoms with Crippen molar-refractivity contribution in [3.63, 3.8) is 0 Å². The van der Waals surface area contributed by atoms with Gasteiger partial charge in [-0.2, -0.15) is 5.10 Å². The number of nitrogens with zero attached hydrogens (tertiary/aromatic N) is 3. The zero-order chi connectivity index (χ0) is 20.3. The van der Waals surface area contributed by atoms with Crippen molar-refractivity contribution in [3.05, 3.63) is 24.2 Å². The molecule has 0 bridgehead atoms. The maximum absolute atomic E-state index is 12.9. The molecule has 4 rings (SSSR count).